The van der Waals surface area contributed by atoms with Gasteiger partial charge in [0.2, 0.25) is 0 Å². The fourth-order valence-corrected chi connectivity index (χ4v) is 2.76. The molecule has 0 aliphatic heterocycles. The Morgan fingerprint density at radius 1 is 1.40 bits per heavy atom. The maximum atomic E-state index is 13.6. The highest BCUT2D eigenvalue weighted by Gasteiger charge is 2.33. The second-order valence-corrected chi connectivity index (χ2v) is 6.00. The number of benzene rings is 1. The maximum absolute atomic E-state index is 13.6. The molecule has 0 fully saturated rings. The fourth-order valence-electron chi connectivity index (χ4n) is 2.76. The molecular formula is C17H21F2N. The summed E-state index contributed by atoms with van der Waals surface area (Å²) in [5.41, 5.74) is 7.33. The number of rotatable bonds is 4. The van der Waals surface area contributed by atoms with Gasteiger partial charge in [-0.15, -0.1) is 0 Å². The molecule has 1 aliphatic carbocycles. The molecule has 0 radical (unpaired) electrons. The van der Waals surface area contributed by atoms with Gasteiger partial charge in [0.25, 0.3) is 0 Å². The van der Waals surface area contributed by atoms with Gasteiger partial charge in [-0.3, -0.25) is 0 Å². The molecule has 2 N–H and O–H groups in total. The summed E-state index contributed by atoms with van der Waals surface area (Å²) in [7, 11) is 0. The highest BCUT2D eigenvalue weighted by Crippen LogP contribution is 2.42. The molecule has 108 valence electrons. The van der Waals surface area contributed by atoms with Crippen molar-refractivity contribution in [2.24, 2.45) is 11.1 Å². The minimum atomic E-state index is -0.973. The van der Waals surface area contributed by atoms with Gasteiger partial charge in [-0.2, -0.15) is 0 Å². The summed E-state index contributed by atoms with van der Waals surface area (Å²) in [6.45, 7) is 4.49. The van der Waals surface area contributed by atoms with E-state index in [0.29, 0.717) is 13.0 Å². The molecule has 1 aromatic rings. The van der Waals surface area contributed by atoms with Crippen molar-refractivity contribution in [1.29, 1.82) is 0 Å². The number of hydrogen-bond acceptors (Lipinski definition) is 1. The number of hydrogen-bond donors (Lipinski definition) is 1. The predicted octanol–water partition coefficient (Wildman–Crippen LogP) is 4.12. The van der Waals surface area contributed by atoms with Gasteiger partial charge in [0.15, 0.2) is 0 Å². The van der Waals surface area contributed by atoms with E-state index in [2.05, 4.69) is 0 Å². The minimum Gasteiger partial charge on any atom is -0.330 e. The lowest BCUT2D eigenvalue weighted by molar-refractivity contribution is 0.322. The molecule has 0 bridgehead atoms. The summed E-state index contributed by atoms with van der Waals surface area (Å²) in [6.07, 6.45) is 4.83. The molecular weight excluding hydrogens is 256 g/mol. The number of allylic oxidation sites excluding steroid dienone is 4. The lowest BCUT2D eigenvalue weighted by Crippen LogP contribution is -2.32. The lowest BCUT2D eigenvalue weighted by atomic mass is 9.70. The first-order valence-electron chi connectivity index (χ1n) is 6.92. The van der Waals surface area contributed by atoms with Crippen molar-refractivity contribution in [3.63, 3.8) is 0 Å². The van der Waals surface area contributed by atoms with Crippen molar-refractivity contribution in [3.8, 4) is 0 Å². The first-order chi connectivity index (χ1) is 9.44. The molecule has 0 amide bonds. The Morgan fingerprint density at radius 2 is 2.15 bits per heavy atom. The number of halogens is 2. The Kier molecular flexibility index (Phi) is 4.39. The molecule has 0 spiro atoms. The smallest absolute Gasteiger partial charge is 0.123 e. The van der Waals surface area contributed by atoms with Gasteiger partial charge < -0.3 is 5.73 Å². The predicted molar refractivity (Wildman–Crippen MR) is 78.7 cm³/mol. The van der Waals surface area contributed by atoms with Gasteiger partial charge in [0.05, 0.1) is 0 Å². The maximum Gasteiger partial charge on any atom is 0.123 e. The average molecular weight is 277 g/mol. The van der Waals surface area contributed by atoms with Gasteiger partial charge in [-0.25, -0.2) is 8.78 Å². The van der Waals surface area contributed by atoms with Crippen LogP contribution in [-0.4, -0.2) is 12.7 Å². The molecule has 20 heavy (non-hydrogen) atoms. The van der Waals surface area contributed by atoms with E-state index in [0.717, 1.165) is 11.1 Å². The van der Waals surface area contributed by atoms with Crippen molar-refractivity contribution in [2.75, 3.05) is 6.54 Å². The summed E-state index contributed by atoms with van der Waals surface area (Å²) in [5, 5.41) is 0. The second kappa shape index (κ2) is 5.88. The van der Waals surface area contributed by atoms with Gasteiger partial charge in [0, 0.05) is 12.3 Å². The van der Waals surface area contributed by atoms with Gasteiger partial charge >= 0.3 is 0 Å². The van der Waals surface area contributed by atoms with Crippen LogP contribution in [0.1, 0.15) is 31.7 Å². The van der Waals surface area contributed by atoms with Gasteiger partial charge in [0.1, 0.15) is 12.0 Å². The molecule has 0 saturated heterocycles. The van der Waals surface area contributed by atoms with E-state index < -0.39 is 6.17 Å². The lowest BCUT2D eigenvalue weighted by Gasteiger charge is -2.35. The van der Waals surface area contributed by atoms with Crippen LogP contribution in [0.3, 0.4) is 0 Å². The van der Waals surface area contributed by atoms with Crippen molar-refractivity contribution in [3.05, 3.63) is 59.4 Å². The number of nitrogens with two attached hydrogens (primary N) is 1. The first kappa shape index (κ1) is 14.9. The Balaban J connectivity index is 2.48. The number of alkyl halides is 1. The summed E-state index contributed by atoms with van der Waals surface area (Å²) in [6, 6.07) is 6.49. The van der Waals surface area contributed by atoms with E-state index in [-0.39, 0.29) is 17.2 Å². The van der Waals surface area contributed by atoms with Crippen LogP contribution in [-0.2, 0) is 0 Å². The molecule has 1 aliphatic rings. The van der Waals surface area contributed by atoms with E-state index in [1.807, 2.05) is 32.1 Å². The van der Waals surface area contributed by atoms with E-state index >= 15 is 0 Å². The molecule has 1 nitrogen and oxygen atoms in total. The largest absolute Gasteiger partial charge is 0.330 e. The Bertz CT molecular complexity index is 532. The molecule has 2 atom stereocenters. The summed E-state index contributed by atoms with van der Waals surface area (Å²) >= 11 is 0. The zero-order chi connectivity index (χ0) is 14.8. The van der Waals surface area contributed by atoms with Crippen LogP contribution < -0.4 is 5.73 Å². The van der Waals surface area contributed by atoms with Crippen molar-refractivity contribution in [1.82, 2.24) is 0 Å². The zero-order valence-corrected chi connectivity index (χ0v) is 11.9. The van der Waals surface area contributed by atoms with Crippen LogP contribution in [0.5, 0.6) is 0 Å². The molecule has 1 aromatic carbocycles. The van der Waals surface area contributed by atoms with E-state index in [4.69, 9.17) is 5.73 Å². The summed E-state index contributed by atoms with van der Waals surface area (Å²) < 4.78 is 27.2. The highest BCUT2D eigenvalue weighted by atomic mass is 19.1. The standard InChI is InChI=1S/C17H21F2N/c1-17(2,11-20)16(12-5-3-7-14(18)9-12)13-6-4-8-15(19)10-13/h3-7,9-10,15-16H,8,11,20H2,1-2H3. The van der Waals surface area contributed by atoms with Crippen LogP contribution in [0.4, 0.5) is 8.78 Å². The third-order valence-electron chi connectivity index (χ3n) is 3.87. The van der Waals surface area contributed by atoms with Gasteiger partial charge in [-0.05, 0) is 41.3 Å². The third-order valence-corrected chi connectivity index (χ3v) is 3.87. The Morgan fingerprint density at radius 3 is 2.75 bits per heavy atom. The van der Waals surface area contributed by atoms with Crippen LogP contribution in [0, 0.1) is 11.2 Å². The summed E-state index contributed by atoms with van der Waals surface area (Å²) in [4.78, 5) is 0. The molecule has 2 unspecified atom stereocenters. The Labute approximate surface area is 119 Å². The van der Waals surface area contributed by atoms with E-state index in [1.54, 1.807) is 12.1 Å². The highest BCUT2D eigenvalue weighted by molar-refractivity contribution is 5.40. The monoisotopic (exact) mass is 277 g/mol. The zero-order valence-electron chi connectivity index (χ0n) is 11.9. The van der Waals surface area contributed by atoms with Gasteiger partial charge in [-0.1, -0.05) is 38.1 Å². The first-order valence-corrected chi connectivity index (χ1v) is 6.92. The fraction of sp³-hybridized carbons (Fsp3) is 0.412. The average Bonchev–Trinajstić information content (AvgIpc) is 2.39. The summed E-state index contributed by atoms with van der Waals surface area (Å²) in [5.74, 6) is -0.393. The molecule has 0 aromatic heterocycles. The van der Waals surface area contributed by atoms with Crippen LogP contribution >= 0.6 is 0 Å². The molecule has 3 heteroatoms. The van der Waals surface area contributed by atoms with Crippen LogP contribution in [0.25, 0.3) is 0 Å². The molecule has 2 rings (SSSR count). The van der Waals surface area contributed by atoms with Crippen LogP contribution in [0.2, 0.25) is 0 Å². The van der Waals surface area contributed by atoms with Crippen molar-refractivity contribution >= 4 is 0 Å². The Hall–Kier alpha value is -1.48. The second-order valence-electron chi connectivity index (χ2n) is 6.00. The van der Waals surface area contributed by atoms with E-state index in [9.17, 15) is 8.78 Å². The van der Waals surface area contributed by atoms with Crippen molar-refractivity contribution in [2.45, 2.75) is 32.4 Å². The third kappa shape index (κ3) is 3.15. The topological polar surface area (TPSA) is 26.0 Å². The minimum absolute atomic E-state index is 0.113. The molecule has 0 heterocycles. The van der Waals surface area contributed by atoms with E-state index in [1.165, 1.54) is 12.1 Å². The van der Waals surface area contributed by atoms with Crippen LogP contribution in [0.15, 0.2) is 48.1 Å². The molecule has 0 saturated carbocycles. The van der Waals surface area contributed by atoms with Crippen molar-refractivity contribution < 1.29 is 8.78 Å². The SMILES string of the molecule is CC(C)(CN)C(C1=CC(F)CC=C1)c1cccc(F)c1. The normalized spacial score (nSPS) is 20.6. The quantitative estimate of drug-likeness (QED) is 0.880.